The van der Waals surface area contributed by atoms with Gasteiger partial charge in [0, 0.05) is 38.1 Å². The van der Waals surface area contributed by atoms with E-state index in [1.165, 1.54) is 19.3 Å². The van der Waals surface area contributed by atoms with Crippen LogP contribution in [-0.4, -0.2) is 53.0 Å². The Morgan fingerprint density at radius 2 is 1.58 bits per heavy atom. The van der Waals surface area contributed by atoms with Crippen molar-refractivity contribution >= 4 is 11.9 Å². The summed E-state index contributed by atoms with van der Waals surface area (Å²) in [6.07, 6.45) is 10.1. The molecule has 2 aliphatic carbocycles. The molecule has 1 aliphatic heterocycles. The second-order valence-electron chi connectivity index (χ2n) is 8.05. The summed E-state index contributed by atoms with van der Waals surface area (Å²) < 4.78 is 0. The maximum Gasteiger partial charge on any atom is 0.317 e. The Balaban J connectivity index is 1.54. The Hall–Kier alpha value is -1.26. The number of amides is 3. The van der Waals surface area contributed by atoms with Crippen molar-refractivity contribution in [3.05, 3.63) is 0 Å². The van der Waals surface area contributed by atoms with Crippen LogP contribution in [0.5, 0.6) is 0 Å². The fourth-order valence-electron chi connectivity index (χ4n) is 4.65. The van der Waals surface area contributed by atoms with Crippen LogP contribution in [0.4, 0.5) is 4.79 Å². The summed E-state index contributed by atoms with van der Waals surface area (Å²) in [5.41, 5.74) is 0. The van der Waals surface area contributed by atoms with E-state index in [1.807, 2.05) is 4.90 Å². The van der Waals surface area contributed by atoms with Gasteiger partial charge in [0.05, 0.1) is 0 Å². The van der Waals surface area contributed by atoms with Crippen LogP contribution in [0.25, 0.3) is 0 Å². The monoisotopic (exact) mass is 335 g/mol. The third-order valence-corrected chi connectivity index (χ3v) is 6.38. The van der Waals surface area contributed by atoms with Crippen LogP contribution in [0.3, 0.4) is 0 Å². The summed E-state index contributed by atoms with van der Waals surface area (Å²) in [5, 5.41) is 3.24. The second kappa shape index (κ2) is 7.75. The summed E-state index contributed by atoms with van der Waals surface area (Å²) in [6, 6.07) is 1.22. The van der Waals surface area contributed by atoms with Gasteiger partial charge in [-0.3, -0.25) is 4.79 Å². The highest BCUT2D eigenvalue weighted by molar-refractivity contribution is 5.75. The lowest BCUT2D eigenvalue weighted by Gasteiger charge is -2.42. The number of nitrogens with zero attached hydrogens (tertiary/aromatic N) is 2. The molecule has 0 aromatic rings. The molecule has 3 fully saturated rings. The molecule has 3 amide bonds. The zero-order valence-corrected chi connectivity index (χ0v) is 15.3. The number of carbonyl (C=O) groups excluding carboxylic acids is 2. The van der Waals surface area contributed by atoms with Crippen LogP contribution in [0.15, 0.2) is 0 Å². The van der Waals surface area contributed by atoms with Crippen LogP contribution < -0.4 is 5.32 Å². The average molecular weight is 335 g/mol. The quantitative estimate of drug-likeness (QED) is 0.861. The summed E-state index contributed by atoms with van der Waals surface area (Å²) in [5.74, 6) is 0.808. The molecule has 3 aliphatic rings. The Bertz CT molecular complexity index is 464. The lowest BCUT2D eigenvalue weighted by molar-refractivity contribution is -0.136. The van der Waals surface area contributed by atoms with Gasteiger partial charge in [0.15, 0.2) is 0 Å². The highest BCUT2D eigenvalue weighted by Crippen LogP contribution is 2.30. The first kappa shape index (κ1) is 17.6. The first-order valence-electron chi connectivity index (χ1n) is 9.90. The van der Waals surface area contributed by atoms with E-state index in [2.05, 4.69) is 17.1 Å². The number of carbonyl (C=O) groups is 2. The SMILES string of the molecule is CC(=O)N(C1CCC1)[C@@H]1CCCN(C(=O)N[C@@H]2CCC[C@@H]2C)CC1. The highest BCUT2D eigenvalue weighted by Gasteiger charge is 2.34. The maximum atomic E-state index is 12.6. The van der Waals surface area contributed by atoms with E-state index in [0.29, 0.717) is 24.0 Å². The molecule has 5 nitrogen and oxygen atoms in total. The number of likely N-dealkylation sites (tertiary alicyclic amines) is 1. The van der Waals surface area contributed by atoms with Crippen LogP contribution >= 0.6 is 0 Å². The molecule has 1 heterocycles. The minimum Gasteiger partial charge on any atom is -0.337 e. The standard InChI is InChI=1S/C19H33N3O2/c1-14-6-3-10-18(14)20-19(24)21-12-5-9-17(11-13-21)22(15(2)23)16-7-4-8-16/h14,16-18H,3-13H2,1-2H3,(H,20,24)/t14-,17+,18+/m0/s1. The summed E-state index contributed by atoms with van der Waals surface area (Å²) in [6.45, 7) is 5.53. The van der Waals surface area contributed by atoms with Crippen LogP contribution in [-0.2, 0) is 4.79 Å². The molecule has 0 aromatic heterocycles. The van der Waals surface area contributed by atoms with Crippen molar-refractivity contribution in [2.45, 2.75) is 89.8 Å². The third kappa shape index (κ3) is 3.86. The van der Waals surface area contributed by atoms with Gasteiger partial charge in [-0.2, -0.15) is 0 Å². The van der Waals surface area contributed by atoms with Gasteiger partial charge in [-0.15, -0.1) is 0 Å². The fourth-order valence-corrected chi connectivity index (χ4v) is 4.65. The van der Waals surface area contributed by atoms with E-state index in [1.54, 1.807) is 6.92 Å². The zero-order valence-electron chi connectivity index (χ0n) is 15.3. The molecule has 1 N–H and O–H groups in total. The van der Waals surface area contributed by atoms with Crippen LogP contribution in [0.2, 0.25) is 0 Å². The lowest BCUT2D eigenvalue weighted by Crippen LogP contribution is -2.50. The molecule has 0 aromatic carbocycles. The van der Waals surface area contributed by atoms with Crippen molar-refractivity contribution in [2.24, 2.45) is 5.92 Å². The molecule has 24 heavy (non-hydrogen) atoms. The van der Waals surface area contributed by atoms with Gasteiger partial charge in [-0.25, -0.2) is 4.79 Å². The van der Waals surface area contributed by atoms with Crippen molar-refractivity contribution in [1.29, 1.82) is 0 Å². The molecular formula is C19H33N3O2. The molecule has 2 saturated carbocycles. The zero-order chi connectivity index (χ0) is 17.1. The molecular weight excluding hydrogens is 302 g/mol. The molecule has 0 spiro atoms. The summed E-state index contributed by atoms with van der Waals surface area (Å²) in [7, 11) is 0. The maximum absolute atomic E-state index is 12.6. The Kier molecular flexibility index (Phi) is 5.67. The van der Waals surface area contributed by atoms with E-state index in [4.69, 9.17) is 0 Å². The van der Waals surface area contributed by atoms with Gasteiger partial charge < -0.3 is 15.1 Å². The average Bonchev–Trinajstić information content (AvgIpc) is 2.75. The lowest BCUT2D eigenvalue weighted by atomic mass is 9.89. The topological polar surface area (TPSA) is 52.7 Å². The summed E-state index contributed by atoms with van der Waals surface area (Å²) in [4.78, 5) is 28.8. The van der Waals surface area contributed by atoms with Gasteiger partial charge in [-0.05, 0) is 57.3 Å². The van der Waals surface area contributed by atoms with Crippen molar-refractivity contribution in [2.75, 3.05) is 13.1 Å². The molecule has 3 rings (SSSR count). The number of hydrogen-bond acceptors (Lipinski definition) is 2. The fraction of sp³-hybridized carbons (Fsp3) is 0.895. The van der Waals surface area contributed by atoms with Gasteiger partial charge in [0.1, 0.15) is 0 Å². The predicted molar refractivity (Wildman–Crippen MR) is 94.7 cm³/mol. The number of rotatable bonds is 3. The van der Waals surface area contributed by atoms with Crippen molar-refractivity contribution in [1.82, 2.24) is 15.1 Å². The molecule has 5 heteroatoms. The number of hydrogen-bond donors (Lipinski definition) is 1. The van der Waals surface area contributed by atoms with Gasteiger partial charge in [0.25, 0.3) is 0 Å². The van der Waals surface area contributed by atoms with E-state index in [9.17, 15) is 9.59 Å². The smallest absolute Gasteiger partial charge is 0.317 e. The molecule has 3 atom stereocenters. The largest absolute Gasteiger partial charge is 0.337 e. The summed E-state index contributed by atoms with van der Waals surface area (Å²) >= 11 is 0. The van der Waals surface area contributed by atoms with Gasteiger partial charge in [0.2, 0.25) is 5.91 Å². The van der Waals surface area contributed by atoms with Gasteiger partial charge >= 0.3 is 6.03 Å². The van der Waals surface area contributed by atoms with Gasteiger partial charge in [-0.1, -0.05) is 13.3 Å². The molecule has 0 unspecified atom stereocenters. The normalized spacial score (nSPS) is 31.2. The second-order valence-corrected chi connectivity index (χ2v) is 8.05. The number of nitrogens with one attached hydrogen (secondary N) is 1. The highest BCUT2D eigenvalue weighted by atomic mass is 16.2. The van der Waals surface area contributed by atoms with Crippen LogP contribution in [0, 0.1) is 5.92 Å². The van der Waals surface area contributed by atoms with Crippen molar-refractivity contribution in [3.8, 4) is 0 Å². The van der Waals surface area contributed by atoms with Crippen molar-refractivity contribution in [3.63, 3.8) is 0 Å². The molecule has 136 valence electrons. The van der Waals surface area contributed by atoms with E-state index in [-0.39, 0.29) is 11.9 Å². The first-order valence-corrected chi connectivity index (χ1v) is 9.90. The third-order valence-electron chi connectivity index (χ3n) is 6.38. The number of urea groups is 1. The minimum absolute atomic E-state index is 0.104. The molecule has 0 bridgehead atoms. The molecule has 1 saturated heterocycles. The van der Waals surface area contributed by atoms with Crippen LogP contribution in [0.1, 0.15) is 71.6 Å². The first-order chi connectivity index (χ1) is 11.6. The Morgan fingerprint density at radius 3 is 2.17 bits per heavy atom. The van der Waals surface area contributed by atoms with E-state index in [0.717, 1.165) is 51.6 Å². The minimum atomic E-state index is 0.104. The van der Waals surface area contributed by atoms with E-state index < -0.39 is 0 Å². The van der Waals surface area contributed by atoms with E-state index >= 15 is 0 Å². The Morgan fingerprint density at radius 1 is 0.917 bits per heavy atom. The van der Waals surface area contributed by atoms with Crippen molar-refractivity contribution < 1.29 is 9.59 Å². The predicted octanol–water partition coefficient (Wildman–Crippen LogP) is 3.14. The Labute approximate surface area is 146 Å². The molecule has 0 radical (unpaired) electrons.